The minimum absolute atomic E-state index is 0.0344. The normalized spacial score (nSPS) is 17.2. The maximum absolute atomic E-state index is 12.5. The molecule has 4 N–H and O–H groups in total. The van der Waals surface area contributed by atoms with Crippen LogP contribution >= 0.6 is 0 Å². The van der Waals surface area contributed by atoms with E-state index in [1.54, 1.807) is 0 Å². The van der Waals surface area contributed by atoms with Crippen molar-refractivity contribution in [2.75, 3.05) is 0 Å². The SMILES string of the molecule is O=C(O)CCCCCCCCCCC(=O)N[C@H]1CCCC[C@@H]1NC(=O)CCCCCCCCCCC(=O)O. The average molecular weight is 539 g/mol. The summed E-state index contributed by atoms with van der Waals surface area (Å²) in [5.74, 6) is -1.25. The number of hydrogen-bond donors (Lipinski definition) is 4. The van der Waals surface area contributed by atoms with Crippen molar-refractivity contribution in [2.24, 2.45) is 0 Å². The van der Waals surface area contributed by atoms with Gasteiger partial charge in [-0.15, -0.1) is 0 Å². The van der Waals surface area contributed by atoms with Crippen molar-refractivity contribution in [3.8, 4) is 0 Å². The predicted octanol–water partition coefficient (Wildman–Crippen LogP) is 6.50. The summed E-state index contributed by atoms with van der Waals surface area (Å²) in [5.41, 5.74) is 0. The summed E-state index contributed by atoms with van der Waals surface area (Å²) in [5, 5.41) is 23.7. The molecule has 0 saturated heterocycles. The quantitative estimate of drug-likeness (QED) is 0.104. The van der Waals surface area contributed by atoms with Crippen LogP contribution in [0, 0.1) is 0 Å². The van der Waals surface area contributed by atoms with Gasteiger partial charge in [-0.05, 0) is 38.5 Å². The fourth-order valence-corrected chi connectivity index (χ4v) is 5.28. The van der Waals surface area contributed by atoms with E-state index in [9.17, 15) is 19.2 Å². The van der Waals surface area contributed by atoms with E-state index in [-0.39, 0.29) is 36.7 Å². The molecule has 1 fully saturated rings. The number of aliphatic carboxylic acids is 2. The number of carbonyl (C=O) groups is 4. The molecule has 2 atom stereocenters. The lowest BCUT2D eigenvalue weighted by Gasteiger charge is -2.33. The summed E-state index contributed by atoms with van der Waals surface area (Å²) in [7, 11) is 0. The Labute approximate surface area is 230 Å². The molecule has 0 aromatic heterocycles. The zero-order valence-electron chi connectivity index (χ0n) is 23.7. The minimum Gasteiger partial charge on any atom is -0.481 e. The minimum atomic E-state index is -0.715. The number of unbranched alkanes of at least 4 members (excludes halogenated alkanes) is 14. The Hall–Kier alpha value is -2.12. The molecule has 8 nitrogen and oxygen atoms in total. The monoisotopic (exact) mass is 538 g/mol. The summed E-state index contributed by atoms with van der Waals surface area (Å²) >= 11 is 0. The second-order valence-electron chi connectivity index (χ2n) is 11.1. The van der Waals surface area contributed by atoms with E-state index < -0.39 is 11.9 Å². The molecule has 38 heavy (non-hydrogen) atoms. The molecule has 1 saturated carbocycles. The van der Waals surface area contributed by atoms with Gasteiger partial charge in [-0.25, -0.2) is 0 Å². The summed E-state index contributed by atoms with van der Waals surface area (Å²) in [6.45, 7) is 0. The number of carboxylic acids is 2. The molecule has 0 unspecified atom stereocenters. The second-order valence-corrected chi connectivity index (χ2v) is 11.1. The molecule has 0 aliphatic heterocycles. The molecule has 1 aliphatic carbocycles. The number of carbonyl (C=O) groups excluding carboxylic acids is 2. The number of carboxylic acid groups (broad SMARTS) is 2. The highest BCUT2D eigenvalue weighted by Crippen LogP contribution is 2.20. The third kappa shape index (κ3) is 19.9. The van der Waals surface area contributed by atoms with Crippen LogP contribution in [0.5, 0.6) is 0 Å². The van der Waals surface area contributed by atoms with E-state index in [0.717, 1.165) is 128 Å². The molecule has 2 amide bonds. The highest BCUT2D eigenvalue weighted by molar-refractivity contribution is 5.77. The molecule has 0 radical (unpaired) electrons. The van der Waals surface area contributed by atoms with Gasteiger partial charge < -0.3 is 20.8 Å². The summed E-state index contributed by atoms with van der Waals surface area (Å²) in [6, 6.07) is 0.0688. The van der Waals surface area contributed by atoms with Crippen LogP contribution in [0.1, 0.15) is 154 Å². The van der Waals surface area contributed by atoms with Gasteiger partial charge >= 0.3 is 11.9 Å². The Morgan fingerprint density at radius 3 is 1.00 bits per heavy atom. The van der Waals surface area contributed by atoms with Gasteiger partial charge in [-0.1, -0.05) is 89.9 Å². The molecule has 0 heterocycles. The van der Waals surface area contributed by atoms with Gasteiger partial charge in [0, 0.05) is 37.8 Å². The fraction of sp³-hybridized carbons (Fsp3) is 0.867. The second kappa shape index (κ2) is 22.8. The van der Waals surface area contributed by atoms with Crippen molar-refractivity contribution in [1.82, 2.24) is 10.6 Å². The van der Waals surface area contributed by atoms with E-state index in [2.05, 4.69) is 10.6 Å². The highest BCUT2D eigenvalue weighted by Gasteiger charge is 2.27. The van der Waals surface area contributed by atoms with Gasteiger partial charge in [0.2, 0.25) is 11.8 Å². The summed E-state index contributed by atoms with van der Waals surface area (Å²) in [4.78, 5) is 46.0. The van der Waals surface area contributed by atoms with Crippen molar-refractivity contribution in [2.45, 2.75) is 166 Å². The van der Waals surface area contributed by atoms with E-state index in [1.165, 1.54) is 0 Å². The smallest absolute Gasteiger partial charge is 0.303 e. The van der Waals surface area contributed by atoms with E-state index in [0.29, 0.717) is 12.8 Å². The number of hydrogen-bond acceptors (Lipinski definition) is 4. The lowest BCUT2D eigenvalue weighted by Crippen LogP contribution is -2.53. The molecule has 0 spiro atoms. The number of nitrogens with one attached hydrogen (secondary N) is 2. The van der Waals surface area contributed by atoms with Gasteiger partial charge in [-0.2, -0.15) is 0 Å². The van der Waals surface area contributed by atoms with Crippen LogP contribution in [0.25, 0.3) is 0 Å². The van der Waals surface area contributed by atoms with Crippen LogP contribution in [0.15, 0.2) is 0 Å². The molecule has 0 aromatic carbocycles. The number of amides is 2. The predicted molar refractivity (Wildman–Crippen MR) is 150 cm³/mol. The van der Waals surface area contributed by atoms with Crippen LogP contribution in [-0.4, -0.2) is 46.0 Å². The van der Waals surface area contributed by atoms with Crippen molar-refractivity contribution < 1.29 is 29.4 Å². The number of rotatable bonds is 24. The lowest BCUT2D eigenvalue weighted by atomic mass is 9.90. The standard InChI is InChI=1S/C30H54N2O6/c33-27(21-13-9-5-1-3-7-11-15-23-29(35)36)31-25-19-17-18-20-26(25)32-28(34)22-14-10-6-2-4-8-12-16-24-30(37)38/h25-26H,1-24H2,(H,31,33)(H,32,34)(H,35,36)(H,37,38)/t25-,26-/m0/s1. The molecule has 0 aromatic rings. The van der Waals surface area contributed by atoms with E-state index in [1.807, 2.05) is 0 Å². The largest absolute Gasteiger partial charge is 0.481 e. The van der Waals surface area contributed by atoms with Crippen molar-refractivity contribution >= 4 is 23.8 Å². The topological polar surface area (TPSA) is 133 Å². The zero-order valence-corrected chi connectivity index (χ0v) is 23.7. The average Bonchev–Trinajstić information content (AvgIpc) is 2.87. The third-order valence-electron chi connectivity index (χ3n) is 7.55. The van der Waals surface area contributed by atoms with Crippen molar-refractivity contribution in [3.05, 3.63) is 0 Å². The van der Waals surface area contributed by atoms with Gasteiger partial charge in [0.15, 0.2) is 0 Å². The first kappa shape index (κ1) is 33.9. The molecule has 8 heteroatoms. The first-order valence-corrected chi connectivity index (χ1v) is 15.4. The van der Waals surface area contributed by atoms with E-state index in [4.69, 9.17) is 10.2 Å². The Balaban J connectivity index is 2.07. The molecular formula is C30H54N2O6. The van der Waals surface area contributed by atoms with Crippen molar-refractivity contribution in [1.29, 1.82) is 0 Å². The van der Waals surface area contributed by atoms with Crippen LogP contribution in [0.4, 0.5) is 0 Å². The van der Waals surface area contributed by atoms with Crippen LogP contribution < -0.4 is 10.6 Å². The van der Waals surface area contributed by atoms with Crippen LogP contribution in [0.2, 0.25) is 0 Å². The Kier molecular flexibility index (Phi) is 20.4. The van der Waals surface area contributed by atoms with Gasteiger partial charge in [0.25, 0.3) is 0 Å². The molecule has 220 valence electrons. The van der Waals surface area contributed by atoms with Crippen LogP contribution in [0.3, 0.4) is 0 Å². The fourth-order valence-electron chi connectivity index (χ4n) is 5.28. The summed E-state index contributed by atoms with van der Waals surface area (Å²) in [6.07, 6.45) is 21.9. The Morgan fingerprint density at radius 1 is 0.447 bits per heavy atom. The highest BCUT2D eigenvalue weighted by atomic mass is 16.4. The van der Waals surface area contributed by atoms with Gasteiger partial charge in [0.1, 0.15) is 0 Å². The maximum Gasteiger partial charge on any atom is 0.303 e. The van der Waals surface area contributed by atoms with Gasteiger partial charge in [0.05, 0.1) is 0 Å². The van der Waals surface area contributed by atoms with Crippen molar-refractivity contribution in [3.63, 3.8) is 0 Å². The Morgan fingerprint density at radius 2 is 0.711 bits per heavy atom. The molecule has 1 rings (SSSR count). The molecular weight excluding hydrogens is 484 g/mol. The summed E-state index contributed by atoms with van der Waals surface area (Å²) < 4.78 is 0. The van der Waals surface area contributed by atoms with E-state index >= 15 is 0 Å². The zero-order chi connectivity index (χ0) is 27.8. The third-order valence-corrected chi connectivity index (χ3v) is 7.55. The van der Waals surface area contributed by atoms with Crippen LogP contribution in [-0.2, 0) is 19.2 Å². The van der Waals surface area contributed by atoms with Gasteiger partial charge in [-0.3, -0.25) is 19.2 Å². The Bertz CT molecular complexity index is 613. The first-order valence-electron chi connectivity index (χ1n) is 15.4. The maximum atomic E-state index is 12.5. The molecule has 1 aliphatic rings. The molecule has 0 bridgehead atoms. The first-order chi connectivity index (χ1) is 18.4. The lowest BCUT2D eigenvalue weighted by molar-refractivity contribution is -0.138.